The zero-order chi connectivity index (χ0) is 107. The number of nitrogen functional groups attached to an aromatic ring is 1. The van der Waals surface area contributed by atoms with Gasteiger partial charge in [-0.2, -0.15) is 0 Å². The van der Waals surface area contributed by atoms with Crippen molar-refractivity contribution in [1.29, 1.82) is 0 Å². The summed E-state index contributed by atoms with van der Waals surface area (Å²) in [5, 5.41) is 13.0. The molecule has 1 heterocycles. The van der Waals surface area contributed by atoms with E-state index in [4.69, 9.17) is 88.1 Å². The van der Waals surface area contributed by atoms with Gasteiger partial charge >= 0.3 is 38.9 Å². The second-order valence-electron chi connectivity index (χ2n) is 31.5. The number of ketones is 3. The molecule has 0 saturated heterocycles. The predicted octanol–water partition coefficient (Wildman–Crippen LogP) is 27.3. The summed E-state index contributed by atoms with van der Waals surface area (Å²) in [5.41, 5.74) is 16.7. The average Bonchev–Trinajstić information content (AvgIpc) is 1.61. The molecule has 0 saturated carbocycles. The number of anilines is 3. The Kier molecular flexibility index (Phi) is 42.2. The number of methoxy groups -OCH3 is 14. The molecule has 3 unspecified atom stereocenters. The number of hydrogen-bond donors (Lipinski definition) is 3. The molecule has 0 aliphatic heterocycles. The molecule has 1 aromatic heterocycles. The molecule has 16 aromatic rings. The van der Waals surface area contributed by atoms with Gasteiger partial charge in [0.05, 0.1) is 111 Å². The molecule has 0 fully saturated rings. The molecule has 4 N–H and O–H groups in total. The van der Waals surface area contributed by atoms with E-state index in [1.807, 2.05) is 164 Å². The number of ether oxygens (including phenoxy) is 14. The standard InChI is InChI=1S/C31H28NO5.C30H27NO5.C23H23NO4.C16H16O4.C8H7ClO2.C7H9NO.CH4.F6P/c1-33-25-13-5-21(6-14-25)29-30(22-7-15-26(34-2)16-8-22)37-31(23-9-17-27(35-3)18-10-23)32(29)24-11-19-28(36-4)20-12-24;1-34-25-15-9-21(10-16-25)28(29(32)22-11-17-26(35-2)18-12-22)31(24-13-19-27(36-3)20-14-24)30(33)23-7-5-4-6-8-23;1-26-19-10-4-16(5-11-19)22(24-18-8-14-21(28-3)15-9-18)23(25)17-6-12-20(27-2)13-7-17;1-19-13-7-3-11(4-8-13)15(17)16(18)12-5-9-14(20-2)10-6-12;1-11-7-4-2-6(3-5-7)8(9)10;1-9-7-4-2-6(8)3-5-7;;1-7(2,3,4,5)6/h5-20H,1-4H3;4-20,28H,1-3H3;4-15,22,24H,1-3H3;3-10,15,17H,1-2H3;2-5H,1H3;2-5H,8H2,1H3;1H4;/q+1;;;;;;;-1. The fraction of sp³-hybridized carbons (Fsp3) is 0.155. The van der Waals surface area contributed by atoms with Gasteiger partial charge in [-0.25, -0.2) is 0 Å². The number of carbonyl (C=O) groups is 5. The van der Waals surface area contributed by atoms with Crippen molar-refractivity contribution in [3.63, 3.8) is 0 Å². The number of aliphatic hydroxyl groups excluding tert-OH is 1. The van der Waals surface area contributed by atoms with Crippen LogP contribution in [0.25, 0.3) is 39.7 Å². The van der Waals surface area contributed by atoms with Crippen LogP contribution in [-0.4, -0.2) is 133 Å². The molecule has 778 valence electrons. The maximum absolute atomic E-state index is 14.1. The molecule has 25 nitrogen and oxygen atoms in total. The Morgan fingerprint density at radius 1 is 0.322 bits per heavy atom. The summed E-state index contributed by atoms with van der Waals surface area (Å²) >= 11 is 5.22. The third kappa shape index (κ3) is 34.5. The first-order chi connectivity index (χ1) is 71.0. The topological polar surface area (TPSA) is 293 Å². The Morgan fingerprint density at radius 2 is 0.597 bits per heavy atom. The molecule has 1 amide bonds. The Labute approximate surface area is 865 Å². The van der Waals surface area contributed by atoms with Crippen LogP contribution in [0.1, 0.15) is 94.1 Å². The van der Waals surface area contributed by atoms with E-state index in [1.54, 1.807) is 306 Å². The predicted molar refractivity (Wildman–Crippen MR) is 568 cm³/mol. The van der Waals surface area contributed by atoms with Crippen LogP contribution in [0.5, 0.6) is 80.5 Å². The second-order valence-corrected chi connectivity index (χ2v) is 33.7. The van der Waals surface area contributed by atoms with E-state index in [1.165, 1.54) is 4.90 Å². The normalized spacial score (nSPS) is 11.4. The number of halogens is 7. The summed E-state index contributed by atoms with van der Waals surface area (Å²) < 4.78 is 141. The summed E-state index contributed by atoms with van der Waals surface area (Å²) in [6, 6.07) is 110. The van der Waals surface area contributed by atoms with Crippen LogP contribution in [0.4, 0.5) is 42.2 Å². The number of aliphatic hydroxyl groups is 1. The van der Waals surface area contributed by atoms with E-state index >= 15 is 0 Å². The van der Waals surface area contributed by atoms with Crippen LogP contribution in [0, 0.1) is 0 Å². The van der Waals surface area contributed by atoms with Gasteiger partial charge in [-0.3, -0.25) is 28.9 Å². The van der Waals surface area contributed by atoms with E-state index in [0.717, 1.165) is 91.0 Å². The van der Waals surface area contributed by atoms with Gasteiger partial charge in [0.15, 0.2) is 17.3 Å². The van der Waals surface area contributed by atoms with Crippen molar-refractivity contribution in [2.45, 2.75) is 25.6 Å². The SMILES string of the molecule is C.COc1ccc(-c2oc(-c3ccc(OC)cc3)[n+](-c3ccc(OC)cc3)c2-c2ccc(OC)cc2)cc1.COc1ccc(C(=O)C(O)c2ccc(OC)cc2)cc1.COc1ccc(C(=O)C(c2ccc(OC)cc2)N(C(=O)c2ccccc2)c2ccc(OC)cc2)cc1.COc1ccc(C(=O)Cl)cc1.COc1ccc(N)cc1.COc1ccc(NC(C(=O)c2ccc(OC)cc2)c2ccc(OC)cc2)cc1.F[P-](F)(F)(F)(F)F. The van der Waals surface area contributed by atoms with Crippen LogP contribution >= 0.6 is 19.4 Å². The van der Waals surface area contributed by atoms with Gasteiger partial charge in [-0.1, -0.05) is 62.0 Å². The van der Waals surface area contributed by atoms with Crippen molar-refractivity contribution >= 4 is 65.0 Å². The van der Waals surface area contributed by atoms with E-state index < -0.39 is 31.2 Å². The number of benzene rings is 15. The zero-order valence-corrected chi connectivity index (χ0v) is 84.8. The monoisotopic (exact) mass is 2080 g/mol. The van der Waals surface area contributed by atoms with Gasteiger partial charge in [-0.05, 0) is 332 Å². The molecule has 3 atom stereocenters. The average molecular weight is 2080 g/mol. The van der Waals surface area contributed by atoms with Gasteiger partial charge in [0.2, 0.25) is 11.4 Å². The van der Waals surface area contributed by atoms with E-state index in [9.17, 15) is 54.3 Å². The van der Waals surface area contributed by atoms with Crippen LogP contribution in [0.3, 0.4) is 0 Å². The number of Topliss-reactive ketones (excluding diaryl/α,β-unsaturated/α-hetero) is 3. The number of nitrogens with zero attached hydrogens (tertiary/aromatic N) is 2. The minimum absolute atomic E-state index is 0. The number of nitrogens with one attached hydrogen (secondary N) is 1. The molecule has 0 aliphatic rings. The van der Waals surface area contributed by atoms with Crippen molar-refractivity contribution in [3.05, 3.63) is 415 Å². The Morgan fingerprint density at radius 3 is 0.946 bits per heavy atom. The van der Waals surface area contributed by atoms with Crippen molar-refractivity contribution in [2.75, 3.05) is 115 Å². The summed E-state index contributed by atoms with van der Waals surface area (Å²) in [6.45, 7) is 0. The van der Waals surface area contributed by atoms with Crippen LogP contribution in [0.15, 0.2) is 374 Å². The summed E-state index contributed by atoms with van der Waals surface area (Å²) in [6.07, 6.45) is -1.19. The summed E-state index contributed by atoms with van der Waals surface area (Å²) in [4.78, 5) is 65.6. The Hall–Kier alpha value is -17.3. The number of carbonyl (C=O) groups excluding carboxylic acids is 5. The Bertz CT molecular complexity index is 6790. The summed E-state index contributed by atoms with van der Waals surface area (Å²) in [7, 11) is 11.9. The van der Waals surface area contributed by atoms with E-state index in [0.29, 0.717) is 90.8 Å². The molecule has 0 radical (unpaired) electrons. The minimum atomic E-state index is -10.7. The first-order valence-electron chi connectivity index (χ1n) is 45.1. The van der Waals surface area contributed by atoms with Crippen LogP contribution in [-0.2, 0) is 0 Å². The first kappa shape index (κ1) is 115. The number of hydrogen-bond acceptors (Lipinski definition) is 23. The number of rotatable bonds is 33. The fourth-order valence-electron chi connectivity index (χ4n) is 14.3. The maximum atomic E-state index is 14.1. The molecular weight excluding hydrogens is 1970 g/mol. The zero-order valence-electron chi connectivity index (χ0n) is 83.1. The molecule has 149 heavy (non-hydrogen) atoms. The molecule has 15 aromatic carbocycles. The van der Waals surface area contributed by atoms with Crippen LogP contribution in [0.2, 0.25) is 0 Å². The Balaban J connectivity index is 0.000000205. The summed E-state index contributed by atoms with van der Waals surface area (Å²) in [5.74, 6) is 10.6. The van der Waals surface area contributed by atoms with Crippen molar-refractivity contribution in [3.8, 4) is 120 Å². The van der Waals surface area contributed by atoms with Crippen molar-refractivity contribution in [2.24, 2.45) is 0 Å². The number of aromatic nitrogens is 1. The third-order valence-electron chi connectivity index (χ3n) is 22.1. The molecule has 0 aliphatic carbocycles. The molecule has 16 rings (SSSR count). The number of oxazole rings is 1. The van der Waals surface area contributed by atoms with Gasteiger partial charge in [0.25, 0.3) is 16.8 Å². The second kappa shape index (κ2) is 54.6. The quantitative estimate of drug-likeness (QED) is 0.00860. The van der Waals surface area contributed by atoms with E-state index in [2.05, 4.69) is 9.88 Å². The van der Waals surface area contributed by atoms with E-state index in [-0.39, 0.29) is 30.7 Å². The van der Waals surface area contributed by atoms with Gasteiger partial charge in [0, 0.05) is 62.6 Å². The fourth-order valence-corrected chi connectivity index (χ4v) is 14.4. The van der Waals surface area contributed by atoms with Crippen molar-refractivity contribution in [1.82, 2.24) is 0 Å². The van der Waals surface area contributed by atoms with Crippen LogP contribution < -0.4 is 86.8 Å². The number of nitrogens with two attached hydrogens (primary N) is 1. The molecular formula is C116H114ClF6N4O21P. The molecule has 33 heteroatoms. The molecule has 0 bridgehead atoms. The third-order valence-corrected chi connectivity index (χ3v) is 22.3. The van der Waals surface area contributed by atoms with Gasteiger partial charge < -0.3 is 86.9 Å². The number of amides is 1. The van der Waals surface area contributed by atoms with Crippen molar-refractivity contribution < 1.29 is 130 Å². The molecule has 0 spiro atoms. The first-order valence-corrected chi connectivity index (χ1v) is 47.5. The van der Waals surface area contributed by atoms with Gasteiger partial charge in [0.1, 0.15) is 98.7 Å². The van der Waals surface area contributed by atoms with Gasteiger partial charge in [-0.15, -0.1) is 4.57 Å².